The Morgan fingerprint density at radius 2 is 1.69 bits per heavy atom. The monoisotopic (exact) mass is 226 g/mol. The fourth-order valence-corrected chi connectivity index (χ4v) is 1.71. The molecule has 0 unspecified atom stereocenters. The Morgan fingerprint density at radius 3 is 2.25 bits per heavy atom. The second kappa shape index (κ2) is 4.34. The summed E-state index contributed by atoms with van der Waals surface area (Å²) in [7, 11) is 0. The summed E-state index contributed by atoms with van der Waals surface area (Å²) < 4.78 is 0.705. The lowest BCUT2D eigenvalue weighted by atomic mass is 10.1. The van der Waals surface area contributed by atoms with E-state index < -0.39 is 6.09 Å². The van der Waals surface area contributed by atoms with E-state index in [1.54, 1.807) is 4.90 Å². The van der Waals surface area contributed by atoms with Crippen molar-refractivity contribution in [2.75, 3.05) is 13.1 Å². The third-order valence-electron chi connectivity index (χ3n) is 2.58. The van der Waals surface area contributed by atoms with Gasteiger partial charge in [0.05, 0.1) is 0 Å². The van der Waals surface area contributed by atoms with Crippen LogP contribution in [0.2, 0.25) is 0 Å². The van der Waals surface area contributed by atoms with Gasteiger partial charge in [-0.1, -0.05) is 0 Å². The van der Waals surface area contributed by atoms with Gasteiger partial charge in [-0.15, -0.1) is 4.73 Å². The second-order valence-corrected chi connectivity index (χ2v) is 3.75. The Labute approximate surface area is 92.6 Å². The average Bonchev–Trinajstić information content (AvgIpc) is 2.62. The first kappa shape index (κ1) is 10.7. The first-order valence-corrected chi connectivity index (χ1v) is 5.25. The number of carbonyl (C=O) groups excluding carboxylic acids is 1. The van der Waals surface area contributed by atoms with E-state index in [2.05, 4.69) is 0 Å². The SMILES string of the molecule is O=C(On1c(O)ccc1O)N1CCCCC1. The highest BCUT2D eigenvalue weighted by molar-refractivity contribution is 5.68. The van der Waals surface area contributed by atoms with Gasteiger partial charge in [0.1, 0.15) is 0 Å². The molecule has 0 spiro atoms. The summed E-state index contributed by atoms with van der Waals surface area (Å²) >= 11 is 0. The highest BCUT2D eigenvalue weighted by Gasteiger charge is 2.20. The van der Waals surface area contributed by atoms with Crippen molar-refractivity contribution in [3.05, 3.63) is 12.1 Å². The number of nitrogens with zero attached hydrogens (tertiary/aromatic N) is 2. The molecule has 6 nitrogen and oxygen atoms in total. The van der Waals surface area contributed by atoms with Crippen LogP contribution in [0.25, 0.3) is 0 Å². The zero-order valence-corrected chi connectivity index (χ0v) is 8.80. The van der Waals surface area contributed by atoms with Gasteiger partial charge in [0.2, 0.25) is 11.8 Å². The molecule has 88 valence electrons. The predicted molar refractivity (Wildman–Crippen MR) is 55.2 cm³/mol. The lowest BCUT2D eigenvalue weighted by Gasteiger charge is -2.25. The minimum Gasteiger partial charge on any atom is -0.492 e. The van der Waals surface area contributed by atoms with Gasteiger partial charge in [-0.3, -0.25) is 0 Å². The zero-order chi connectivity index (χ0) is 11.5. The zero-order valence-electron chi connectivity index (χ0n) is 8.80. The van der Waals surface area contributed by atoms with Gasteiger partial charge in [0, 0.05) is 25.2 Å². The van der Waals surface area contributed by atoms with Gasteiger partial charge < -0.3 is 20.0 Å². The Morgan fingerprint density at radius 1 is 1.12 bits per heavy atom. The van der Waals surface area contributed by atoms with Crippen LogP contribution in [-0.4, -0.2) is 39.0 Å². The van der Waals surface area contributed by atoms with Gasteiger partial charge >= 0.3 is 6.09 Å². The Bertz CT molecular complexity index is 363. The number of hydrogen-bond donors (Lipinski definition) is 2. The topological polar surface area (TPSA) is 74.9 Å². The van der Waals surface area contributed by atoms with Crippen molar-refractivity contribution in [3.63, 3.8) is 0 Å². The first-order chi connectivity index (χ1) is 7.68. The van der Waals surface area contributed by atoms with Crippen LogP contribution in [0.15, 0.2) is 12.1 Å². The quantitative estimate of drug-likeness (QED) is 0.747. The number of hydrogen-bond acceptors (Lipinski definition) is 4. The molecule has 0 atom stereocenters. The van der Waals surface area contributed by atoms with E-state index >= 15 is 0 Å². The van der Waals surface area contributed by atoms with E-state index in [0.717, 1.165) is 19.3 Å². The predicted octanol–water partition coefficient (Wildman–Crippen LogP) is 0.934. The fraction of sp³-hybridized carbons (Fsp3) is 0.500. The van der Waals surface area contributed by atoms with Crippen molar-refractivity contribution in [2.45, 2.75) is 19.3 Å². The molecular weight excluding hydrogens is 212 g/mol. The number of rotatable bonds is 1. The molecule has 0 saturated carbocycles. The summed E-state index contributed by atoms with van der Waals surface area (Å²) in [6.07, 6.45) is 2.47. The van der Waals surface area contributed by atoms with Crippen LogP contribution in [0.1, 0.15) is 19.3 Å². The number of carbonyl (C=O) groups is 1. The largest absolute Gasteiger partial charge is 0.492 e. The molecule has 0 bridgehead atoms. The molecular formula is C10H14N2O4. The van der Waals surface area contributed by atoms with Crippen LogP contribution < -0.4 is 4.84 Å². The highest BCUT2D eigenvalue weighted by atomic mass is 16.7. The van der Waals surface area contributed by atoms with Gasteiger partial charge in [0.25, 0.3) is 0 Å². The van der Waals surface area contributed by atoms with Gasteiger partial charge in [0.15, 0.2) is 0 Å². The van der Waals surface area contributed by atoms with Crippen molar-refractivity contribution >= 4 is 6.09 Å². The molecule has 16 heavy (non-hydrogen) atoms. The molecule has 2 rings (SSSR count). The molecule has 2 N–H and O–H groups in total. The van der Waals surface area contributed by atoms with E-state index in [1.807, 2.05) is 0 Å². The number of likely N-dealkylation sites (tertiary alicyclic amines) is 1. The van der Waals surface area contributed by atoms with Crippen molar-refractivity contribution in [3.8, 4) is 11.8 Å². The number of aromatic nitrogens is 1. The molecule has 1 aliphatic rings. The number of amides is 1. The number of piperidine rings is 1. The summed E-state index contributed by atoms with van der Waals surface area (Å²) in [5.74, 6) is -0.606. The van der Waals surface area contributed by atoms with E-state index in [1.165, 1.54) is 12.1 Å². The molecule has 1 aromatic heterocycles. The maximum Gasteiger partial charge on any atom is 0.434 e. The molecule has 1 aromatic rings. The van der Waals surface area contributed by atoms with Crippen molar-refractivity contribution in [2.24, 2.45) is 0 Å². The van der Waals surface area contributed by atoms with Gasteiger partial charge in [-0.2, -0.15) is 0 Å². The Balaban J connectivity index is 2.01. The smallest absolute Gasteiger partial charge is 0.434 e. The first-order valence-electron chi connectivity index (χ1n) is 5.25. The molecule has 1 saturated heterocycles. The summed E-state index contributed by atoms with van der Waals surface area (Å²) in [4.78, 5) is 18.0. The standard InChI is InChI=1S/C10H14N2O4/c13-8-4-5-9(14)12(8)16-10(15)11-6-2-1-3-7-11/h4-5,13-14H,1-3,6-7H2. The van der Waals surface area contributed by atoms with Crippen LogP contribution in [0, 0.1) is 0 Å². The lowest BCUT2D eigenvalue weighted by Crippen LogP contribution is -2.40. The molecule has 1 fully saturated rings. The summed E-state index contributed by atoms with van der Waals surface area (Å²) in [5, 5.41) is 18.6. The molecule has 2 heterocycles. The molecule has 0 radical (unpaired) electrons. The third-order valence-corrected chi connectivity index (χ3v) is 2.58. The molecule has 6 heteroatoms. The van der Waals surface area contributed by atoms with Gasteiger partial charge in [-0.25, -0.2) is 4.79 Å². The minimum absolute atomic E-state index is 0.303. The normalized spacial score (nSPS) is 16.1. The van der Waals surface area contributed by atoms with Crippen LogP contribution in [-0.2, 0) is 0 Å². The third kappa shape index (κ3) is 2.05. The Hall–Kier alpha value is -1.85. The maximum atomic E-state index is 11.6. The average molecular weight is 226 g/mol. The second-order valence-electron chi connectivity index (χ2n) is 3.75. The lowest BCUT2D eigenvalue weighted by molar-refractivity contribution is 0.0694. The van der Waals surface area contributed by atoms with Crippen molar-refractivity contribution in [1.29, 1.82) is 0 Å². The van der Waals surface area contributed by atoms with E-state index in [4.69, 9.17) is 4.84 Å². The highest BCUT2D eigenvalue weighted by Crippen LogP contribution is 2.19. The van der Waals surface area contributed by atoms with Gasteiger partial charge in [-0.05, 0) is 19.3 Å². The molecule has 1 aliphatic heterocycles. The van der Waals surface area contributed by atoms with Crippen LogP contribution in [0.3, 0.4) is 0 Å². The molecule has 1 amide bonds. The summed E-state index contributed by atoms with van der Waals surface area (Å²) in [6, 6.07) is 2.50. The Kier molecular flexibility index (Phi) is 2.89. The minimum atomic E-state index is -0.554. The fourth-order valence-electron chi connectivity index (χ4n) is 1.71. The van der Waals surface area contributed by atoms with Crippen molar-refractivity contribution in [1.82, 2.24) is 9.63 Å². The molecule has 0 aliphatic carbocycles. The molecule has 0 aromatic carbocycles. The van der Waals surface area contributed by atoms with E-state index in [-0.39, 0.29) is 11.8 Å². The van der Waals surface area contributed by atoms with Crippen LogP contribution >= 0.6 is 0 Å². The summed E-state index contributed by atoms with van der Waals surface area (Å²) in [6.45, 7) is 1.31. The van der Waals surface area contributed by atoms with E-state index in [9.17, 15) is 15.0 Å². The summed E-state index contributed by atoms with van der Waals surface area (Å²) in [5.41, 5.74) is 0. The van der Waals surface area contributed by atoms with Crippen LogP contribution in [0.4, 0.5) is 4.79 Å². The van der Waals surface area contributed by atoms with E-state index in [0.29, 0.717) is 17.8 Å². The van der Waals surface area contributed by atoms with Crippen molar-refractivity contribution < 1.29 is 19.8 Å². The maximum absolute atomic E-state index is 11.6. The number of aromatic hydroxyl groups is 2. The van der Waals surface area contributed by atoms with Crippen LogP contribution in [0.5, 0.6) is 11.8 Å².